The van der Waals surface area contributed by atoms with Crippen molar-refractivity contribution in [3.8, 4) is 5.88 Å². The molecule has 0 spiro atoms. The molecule has 2 aliphatic rings. The van der Waals surface area contributed by atoms with Crippen LogP contribution in [0.25, 0.3) is 0 Å². The third kappa shape index (κ3) is 5.60. The molecule has 1 aromatic carbocycles. The molecule has 1 amide bonds. The Bertz CT molecular complexity index is 959. The van der Waals surface area contributed by atoms with E-state index < -0.39 is 11.4 Å². The van der Waals surface area contributed by atoms with Gasteiger partial charge in [0.25, 0.3) is 0 Å². The largest absolute Gasteiger partial charge is 0.478 e. The fourth-order valence-electron chi connectivity index (χ4n) is 5.51. The normalized spacial score (nSPS) is 18.9. The monoisotopic (exact) mass is 464 g/mol. The van der Waals surface area contributed by atoms with Crippen LogP contribution in [0.1, 0.15) is 98.7 Å². The lowest BCUT2D eigenvalue weighted by atomic mass is 9.78. The molecule has 0 unspecified atom stereocenters. The molecular weight excluding hydrogens is 428 g/mol. The molecule has 34 heavy (non-hydrogen) atoms. The summed E-state index contributed by atoms with van der Waals surface area (Å²) in [5.41, 5.74) is 1.48. The van der Waals surface area contributed by atoms with E-state index >= 15 is 0 Å². The summed E-state index contributed by atoms with van der Waals surface area (Å²) in [4.78, 5) is 29.1. The maximum Gasteiger partial charge on any atom is 0.335 e. The molecule has 0 radical (unpaired) electrons. The zero-order valence-corrected chi connectivity index (χ0v) is 20.1. The van der Waals surface area contributed by atoms with E-state index in [-0.39, 0.29) is 17.5 Å². The van der Waals surface area contributed by atoms with Crippen LogP contribution in [0, 0.1) is 5.92 Å². The molecule has 1 aromatic heterocycles. The number of hydrogen-bond donors (Lipinski definition) is 2. The van der Waals surface area contributed by atoms with Gasteiger partial charge in [-0.25, -0.2) is 9.78 Å². The smallest absolute Gasteiger partial charge is 0.335 e. The van der Waals surface area contributed by atoms with Gasteiger partial charge in [-0.1, -0.05) is 63.1 Å². The molecular formula is C28H36N2O4. The molecule has 2 saturated carbocycles. The van der Waals surface area contributed by atoms with Crippen LogP contribution < -0.4 is 10.1 Å². The molecule has 6 heteroatoms. The molecule has 6 nitrogen and oxygen atoms in total. The number of ether oxygens (including phenoxy) is 1. The Balaban J connectivity index is 1.38. The number of hydrogen-bond acceptors (Lipinski definition) is 4. The second-order valence-electron chi connectivity index (χ2n) is 9.94. The van der Waals surface area contributed by atoms with E-state index in [1.54, 1.807) is 24.3 Å². The number of nitrogens with zero attached hydrogens (tertiary/aromatic N) is 1. The third-order valence-electron chi connectivity index (χ3n) is 7.69. The van der Waals surface area contributed by atoms with E-state index in [2.05, 4.69) is 10.3 Å². The van der Waals surface area contributed by atoms with Crippen molar-refractivity contribution >= 4 is 11.9 Å². The van der Waals surface area contributed by atoms with Gasteiger partial charge in [-0.2, -0.15) is 0 Å². The summed E-state index contributed by atoms with van der Waals surface area (Å²) in [6.07, 6.45) is 13.2. The van der Waals surface area contributed by atoms with E-state index in [9.17, 15) is 9.59 Å². The van der Waals surface area contributed by atoms with Crippen LogP contribution >= 0.6 is 0 Å². The number of pyridine rings is 1. The molecule has 0 bridgehead atoms. The molecule has 2 N–H and O–H groups in total. The molecule has 182 valence electrons. The predicted octanol–water partition coefficient (Wildman–Crippen LogP) is 5.82. The number of amides is 1. The number of carboxylic acids is 1. The highest BCUT2D eigenvalue weighted by molar-refractivity contribution is 5.89. The number of carboxylic acid groups (broad SMARTS) is 1. The quantitative estimate of drug-likeness (QED) is 0.488. The van der Waals surface area contributed by atoms with Gasteiger partial charge in [0, 0.05) is 12.3 Å². The molecule has 1 atom stereocenters. The summed E-state index contributed by atoms with van der Waals surface area (Å²) in [6.45, 7) is 2.62. The Kier molecular flexibility index (Phi) is 7.86. The first-order valence-electron chi connectivity index (χ1n) is 12.7. The molecule has 0 saturated heterocycles. The molecule has 2 aromatic rings. The first-order valence-corrected chi connectivity index (χ1v) is 12.7. The highest BCUT2D eigenvalue weighted by atomic mass is 16.5. The zero-order chi connectivity index (χ0) is 24.0. The van der Waals surface area contributed by atoms with Gasteiger partial charge < -0.3 is 15.2 Å². The van der Waals surface area contributed by atoms with Crippen LogP contribution in [0.4, 0.5) is 0 Å². The van der Waals surface area contributed by atoms with E-state index in [0.717, 1.165) is 49.1 Å². The van der Waals surface area contributed by atoms with Crippen molar-refractivity contribution in [1.82, 2.24) is 10.3 Å². The van der Waals surface area contributed by atoms with Gasteiger partial charge in [-0.3, -0.25) is 4.79 Å². The maximum atomic E-state index is 13.5. The molecule has 0 aliphatic heterocycles. The minimum absolute atomic E-state index is 0.00702. The van der Waals surface area contributed by atoms with Crippen molar-refractivity contribution in [2.45, 2.75) is 82.6 Å². The average molecular weight is 465 g/mol. The Labute approximate surface area is 202 Å². The number of nitrogens with one attached hydrogen (secondary N) is 1. The van der Waals surface area contributed by atoms with Crippen molar-refractivity contribution in [3.63, 3.8) is 0 Å². The lowest BCUT2D eigenvalue weighted by molar-refractivity contribution is -0.127. The van der Waals surface area contributed by atoms with E-state index in [1.807, 2.05) is 25.3 Å². The SMILES string of the molecule is C[C@H](NC(=O)C1(c2ccc(OCCC3CCCCC3)nc2)CCCC1)c1ccc(C(=O)O)cc1. The molecule has 2 aliphatic carbocycles. The summed E-state index contributed by atoms with van der Waals surface area (Å²) >= 11 is 0. The summed E-state index contributed by atoms with van der Waals surface area (Å²) in [5, 5.41) is 12.3. The van der Waals surface area contributed by atoms with Crippen LogP contribution in [0.15, 0.2) is 42.6 Å². The average Bonchev–Trinajstić information content (AvgIpc) is 3.36. The fraction of sp³-hybridized carbons (Fsp3) is 0.536. The minimum atomic E-state index is -0.956. The summed E-state index contributed by atoms with van der Waals surface area (Å²) in [7, 11) is 0. The molecule has 2 fully saturated rings. The van der Waals surface area contributed by atoms with Gasteiger partial charge in [0.05, 0.1) is 23.6 Å². The number of aromatic carboxylic acids is 1. The van der Waals surface area contributed by atoms with Gasteiger partial charge in [0.1, 0.15) is 0 Å². The van der Waals surface area contributed by atoms with Crippen molar-refractivity contribution in [3.05, 3.63) is 59.3 Å². The number of carbonyl (C=O) groups is 2. The topological polar surface area (TPSA) is 88.5 Å². The number of aromatic nitrogens is 1. The summed E-state index contributed by atoms with van der Waals surface area (Å²) < 4.78 is 5.92. The minimum Gasteiger partial charge on any atom is -0.478 e. The molecule has 1 heterocycles. The fourth-order valence-corrected chi connectivity index (χ4v) is 5.51. The van der Waals surface area contributed by atoms with Crippen LogP contribution in [-0.4, -0.2) is 28.6 Å². The molecule has 4 rings (SSSR count). The second kappa shape index (κ2) is 11.0. The van der Waals surface area contributed by atoms with Gasteiger partial charge in [0.2, 0.25) is 11.8 Å². The van der Waals surface area contributed by atoms with Crippen LogP contribution in [0.5, 0.6) is 5.88 Å². The second-order valence-corrected chi connectivity index (χ2v) is 9.94. The predicted molar refractivity (Wildman–Crippen MR) is 131 cm³/mol. The zero-order valence-electron chi connectivity index (χ0n) is 20.1. The van der Waals surface area contributed by atoms with Gasteiger partial charge >= 0.3 is 5.97 Å². The van der Waals surface area contributed by atoms with E-state index in [4.69, 9.17) is 9.84 Å². The van der Waals surface area contributed by atoms with Crippen molar-refractivity contribution in [1.29, 1.82) is 0 Å². The van der Waals surface area contributed by atoms with Crippen molar-refractivity contribution in [2.75, 3.05) is 6.61 Å². The Morgan fingerprint density at radius 3 is 2.38 bits per heavy atom. The standard InChI is InChI=1S/C28H36N2O4/c1-20(22-9-11-23(12-10-22)26(31)32)30-27(33)28(16-5-6-17-28)24-13-14-25(29-19-24)34-18-15-21-7-3-2-4-8-21/h9-14,19-21H,2-8,15-18H2,1H3,(H,30,33)(H,31,32)/t20-/m0/s1. The van der Waals surface area contributed by atoms with Crippen molar-refractivity contribution in [2.24, 2.45) is 5.92 Å². The lowest BCUT2D eigenvalue weighted by Gasteiger charge is -2.30. The highest BCUT2D eigenvalue weighted by Gasteiger charge is 2.43. The first-order chi connectivity index (χ1) is 16.5. The summed E-state index contributed by atoms with van der Waals surface area (Å²) in [6, 6.07) is 10.3. The van der Waals surface area contributed by atoms with Crippen LogP contribution in [-0.2, 0) is 10.2 Å². The lowest BCUT2D eigenvalue weighted by Crippen LogP contribution is -2.43. The highest BCUT2D eigenvalue weighted by Crippen LogP contribution is 2.42. The van der Waals surface area contributed by atoms with E-state index in [1.165, 1.54) is 32.1 Å². The van der Waals surface area contributed by atoms with Gasteiger partial charge in [-0.15, -0.1) is 0 Å². The third-order valence-corrected chi connectivity index (χ3v) is 7.69. The summed E-state index contributed by atoms with van der Waals surface area (Å²) in [5.74, 6) is 0.454. The maximum absolute atomic E-state index is 13.5. The number of carbonyl (C=O) groups excluding carboxylic acids is 1. The van der Waals surface area contributed by atoms with Gasteiger partial charge in [-0.05, 0) is 55.4 Å². The van der Waals surface area contributed by atoms with Gasteiger partial charge in [0.15, 0.2) is 0 Å². The van der Waals surface area contributed by atoms with Crippen molar-refractivity contribution < 1.29 is 19.4 Å². The Morgan fingerprint density at radius 1 is 1.06 bits per heavy atom. The first kappa shape index (κ1) is 24.2. The number of rotatable bonds is 9. The Hall–Kier alpha value is -2.89. The van der Waals surface area contributed by atoms with E-state index in [0.29, 0.717) is 12.5 Å². The Morgan fingerprint density at radius 2 is 1.76 bits per heavy atom. The number of benzene rings is 1. The van der Waals surface area contributed by atoms with Crippen LogP contribution in [0.2, 0.25) is 0 Å². The van der Waals surface area contributed by atoms with Crippen LogP contribution in [0.3, 0.4) is 0 Å².